The first kappa shape index (κ1) is 36.7. The molecule has 3 saturated heterocycles. The van der Waals surface area contributed by atoms with E-state index in [9.17, 15) is 24.0 Å². The molecule has 3 aromatic rings. The number of piperidine rings is 2. The minimum Gasteiger partial charge on any atom is -0.369 e. The van der Waals surface area contributed by atoms with Gasteiger partial charge in [0.05, 0.1) is 29.6 Å². The molecule has 2 N–H and O–H groups in total. The minimum absolute atomic E-state index is 0.0659. The van der Waals surface area contributed by atoms with Crippen molar-refractivity contribution in [3.05, 3.63) is 88.6 Å². The number of carbonyl (C=O) groups is 5. The van der Waals surface area contributed by atoms with Gasteiger partial charge in [-0.2, -0.15) is 4.98 Å². The van der Waals surface area contributed by atoms with Crippen LogP contribution in [0.15, 0.2) is 71.4 Å². The zero-order valence-corrected chi connectivity index (χ0v) is 32.0. The molecule has 16 nitrogen and oxygen atoms in total. The van der Waals surface area contributed by atoms with E-state index in [1.807, 2.05) is 24.3 Å². The Hall–Kier alpha value is -5.87. The lowest BCUT2D eigenvalue weighted by atomic mass is 9.85. The summed E-state index contributed by atoms with van der Waals surface area (Å²) >= 11 is 6.59. The van der Waals surface area contributed by atoms with Crippen LogP contribution in [0.5, 0.6) is 0 Å². The minimum atomic E-state index is -0.979. The van der Waals surface area contributed by atoms with E-state index in [2.05, 4.69) is 41.5 Å². The van der Waals surface area contributed by atoms with Crippen molar-refractivity contribution < 1.29 is 28.5 Å². The molecule has 0 radical (unpaired) electrons. The van der Waals surface area contributed by atoms with E-state index in [0.717, 1.165) is 74.9 Å². The second-order valence-electron chi connectivity index (χ2n) is 15.3. The molecule has 1 aromatic carbocycles. The molecule has 1 aliphatic carbocycles. The van der Waals surface area contributed by atoms with Crippen molar-refractivity contribution in [3.8, 4) is 0 Å². The number of rotatable bonds is 8. The van der Waals surface area contributed by atoms with Gasteiger partial charge in [-0.05, 0) is 49.5 Å². The summed E-state index contributed by atoms with van der Waals surface area (Å²) in [6.45, 7) is 5.96. The summed E-state index contributed by atoms with van der Waals surface area (Å²) in [7, 11) is 1.80. The number of nitrogens with one attached hydrogen (secondary N) is 2. The maximum Gasteiger partial charge on any atom is 0.262 e. The maximum atomic E-state index is 13.3. The Bertz CT molecular complexity index is 2240. The van der Waals surface area contributed by atoms with E-state index < -0.39 is 29.7 Å². The van der Waals surface area contributed by atoms with Crippen LogP contribution in [0.3, 0.4) is 0 Å². The van der Waals surface area contributed by atoms with Crippen LogP contribution in [-0.2, 0) is 14.4 Å². The Labute approximate surface area is 333 Å². The highest BCUT2D eigenvalue weighted by Gasteiger charge is 2.45. The Kier molecular flexibility index (Phi) is 9.60. The number of fused-ring (bicyclic) bond motifs is 2. The van der Waals surface area contributed by atoms with Gasteiger partial charge in [0.15, 0.2) is 5.82 Å². The van der Waals surface area contributed by atoms with Gasteiger partial charge in [-0.25, -0.2) is 4.98 Å². The first-order chi connectivity index (χ1) is 27.6. The average molecular weight is 793 g/mol. The topological polar surface area (TPSA) is 177 Å². The summed E-state index contributed by atoms with van der Waals surface area (Å²) in [5.41, 5.74) is 3.48. The zero-order valence-electron chi connectivity index (χ0n) is 31.3. The van der Waals surface area contributed by atoms with E-state index in [4.69, 9.17) is 21.1 Å². The molecule has 0 saturated carbocycles. The van der Waals surface area contributed by atoms with Crippen LogP contribution in [0.25, 0.3) is 5.57 Å². The normalized spacial score (nSPS) is 24.4. The van der Waals surface area contributed by atoms with Gasteiger partial charge in [-0.1, -0.05) is 35.0 Å². The van der Waals surface area contributed by atoms with Crippen molar-refractivity contribution in [2.24, 2.45) is 11.8 Å². The van der Waals surface area contributed by atoms with Gasteiger partial charge in [-0.3, -0.25) is 39.1 Å². The van der Waals surface area contributed by atoms with Crippen LogP contribution >= 0.6 is 11.6 Å². The number of imide groups is 2. The third-order valence-electron chi connectivity index (χ3n) is 11.9. The van der Waals surface area contributed by atoms with Crippen molar-refractivity contribution in [2.75, 3.05) is 68.0 Å². The average Bonchev–Trinajstić information content (AvgIpc) is 3.84. The number of hydrogen-bond acceptors (Lipinski definition) is 13. The van der Waals surface area contributed by atoms with Crippen LogP contribution in [0.1, 0.15) is 52.0 Å². The molecule has 3 unspecified atom stereocenters. The van der Waals surface area contributed by atoms with Crippen molar-refractivity contribution in [1.29, 1.82) is 0 Å². The number of likely N-dealkylation sites (N-methyl/N-ethyl adjacent to an activating group) is 1. The van der Waals surface area contributed by atoms with E-state index >= 15 is 0 Å². The third-order valence-corrected chi connectivity index (χ3v) is 12.2. The van der Waals surface area contributed by atoms with Gasteiger partial charge in [0.1, 0.15) is 17.3 Å². The number of halogens is 1. The number of amides is 5. The highest BCUT2D eigenvalue weighted by Crippen LogP contribution is 2.35. The number of hydrogen-bond donors (Lipinski definition) is 2. The largest absolute Gasteiger partial charge is 0.369 e. The lowest BCUT2D eigenvalue weighted by molar-refractivity contribution is -0.136. The molecule has 5 amide bonds. The van der Waals surface area contributed by atoms with Gasteiger partial charge >= 0.3 is 0 Å². The standard InChI is InChI=1S/C40H41ClN10O6/c1-47-32-5-2-26(16-24(32)17-29(37(47)54)25-19-43-57-22-25)44-35-31(41)20-42-40(46-35)50-10-8-23(9-11-50)21-48-12-14-49(15-13-48)27-3-4-28-30(18-27)39(56)51(38(28)55)33-6-7-34(52)45-36(33)53/h2-5,16-20,22-24,32-33H,6-15,21H2,1H3,(H,42,44,46)(H,45,52,53). The maximum absolute atomic E-state index is 13.3. The number of aromatic nitrogens is 3. The fraction of sp³-hybridized carbons (Fsp3) is 0.400. The molecule has 0 bridgehead atoms. The Morgan fingerprint density at radius 3 is 2.46 bits per heavy atom. The second-order valence-corrected chi connectivity index (χ2v) is 15.8. The SMILES string of the molecule is CN1C(=O)C(c2cnoc2)=CC2C=C(Nc3nc(N4CCC(CN5CCN(c6ccc7c(c6)C(=O)N(C6CCC(=O)NC6=O)C7=O)CC5)CC4)ncc3Cl)C=CC21. The summed E-state index contributed by atoms with van der Waals surface area (Å²) in [6, 6.07) is 4.21. The van der Waals surface area contributed by atoms with Crippen molar-refractivity contribution in [2.45, 2.75) is 37.8 Å². The summed E-state index contributed by atoms with van der Waals surface area (Å²) in [4.78, 5) is 82.6. The summed E-state index contributed by atoms with van der Waals surface area (Å²) in [5, 5.41) is 9.80. The monoisotopic (exact) mass is 792 g/mol. The van der Waals surface area contributed by atoms with Gasteiger partial charge in [0.2, 0.25) is 17.8 Å². The fourth-order valence-corrected chi connectivity index (χ4v) is 8.85. The van der Waals surface area contributed by atoms with Gasteiger partial charge in [0, 0.05) is 87.7 Å². The van der Waals surface area contributed by atoms with Gasteiger partial charge in [-0.15, -0.1) is 0 Å². The molecule has 57 heavy (non-hydrogen) atoms. The molecule has 17 heteroatoms. The van der Waals surface area contributed by atoms with Crippen LogP contribution in [0.2, 0.25) is 5.02 Å². The van der Waals surface area contributed by atoms with Crippen molar-refractivity contribution in [1.82, 2.24) is 35.1 Å². The highest BCUT2D eigenvalue weighted by molar-refractivity contribution is 6.32. The number of allylic oxidation sites excluding steroid dienone is 1. The zero-order chi connectivity index (χ0) is 39.4. The molecule has 3 atom stereocenters. The predicted octanol–water partition coefficient (Wildman–Crippen LogP) is 2.96. The molecule has 2 aromatic heterocycles. The number of nitrogens with zero attached hydrogens (tertiary/aromatic N) is 8. The predicted molar refractivity (Wildman–Crippen MR) is 209 cm³/mol. The van der Waals surface area contributed by atoms with Gasteiger partial charge < -0.3 is 24.5 Å². The fourth-order valence-electron chi connectivity index (χ4n) is 8.72. The molecule has 294 valence electrons. The second kappa shape index (κ2) is 14.9. The van der Waals surface area contributed by atoms with Crippen LogP contribution < -0.4 is 20.4 Å². The smallest absolute Gasteiger partial charge is 0.262 e. The number of carbonyl (C=O) groups excluding carboxylic acids is 5. The van der Waals surface area contributed by atoms with Gasteiger partial charge in [0.25, 0.3) is 17.7 Å². The lowest BCUT2D eigenvalue weighted by Gasteiger charge is -2.39. The first-order valence-corrected chi connectivity index (χ1v) is 19.7. The lowest BCUT2D eigenvalue weighted by Crippen LogP contribution is -2.54. The number of benzene rings is 1. The summed E-state index contributed by atoms with van der Waals surface area (Å²) < 4.78 is 4.98. The molecule has 0 spiro atoms. The Morgan fingerprint density at radius 2 is 1.70 bits per heavy atom. The molecular formula is C40H41ClN10O6. The number of anilines is 3. The molecular weight excluding hydrogens is 752 g/mol. The quantitative estimate of drug-likeness (QED) is 0.319. The van der Waals surface area contributed by atoms with Crippen LogP contribution in [0.4, 0.5) is 17.5 Å². The van der Waals surface area contributed by atoms with Crippen molar-refractivity contribution >= 4 is 64.2 Å². The highest BCUT2D eigenvalue weighted by atomic mass is 35.5. The van der Waals surface area contributed by atoms with Crippen LogP contribution in [0, 0.1) is 11.8 Å². The molecule has 3 fully saturated rings. The Morgan fingerprint density at radius 1 is 0.912 bits per heavy atom. The first-order valence-electron chi connectivity index (χ1n) is 19.3. The third kappa shape index (κ3) is 6.96. The van der Waals surface area contributed by atoms with E-state index in [-0.39, 0.29) is 36.3 Å². The molecule has 6 aliphatic rings. The van der Waals surface area contributed by atoms with E-state index in [1.165, 1.54) is 6.26 Å². The molecule has 7 heterocycles. The summed E-state index contributed by atoms with van der Waals surface area (Å²) in [6.07, 6.45) is 14.8. The van der Waals surface area contributed by atoms with Crippen molar-refractivity contribution in [3.63, 3.8) is 0 Å². The Balaban J connectivity index is 0.775. The van der Waals surface area contributed by atoms with E-state index in [0.29, 0.717) is 39.4 Å². The van der Waals surface area contributed by atoms with E-state index in [1.54, 1.807) is 36.5 Å². The molecule has 9 rings (SSSR count). The summed E-state index contributed by atoms with van der Waals surface area (Å²) in [5.74, 6) is -0.474. The number of piperazine rings is 1. The molecule has 5 aliphatic heterocycles. The van der Waals surface area contributed by atoms with Crippen LogP contribution in [-0.4, -0.2) is 124 Å².